The summed E-state index contributed by atoms with van der Waals surface area (Å²) in [6, 6.07) is 0. The maximum atomic E-state index is 10.8. The summed E-state index contributed by atoms with van der Waals surface area (Å²) in [5.74, 6) is 0. The zero-order chi connectivity index (χ0) is 9.61. The van der Waals surface area contributed by atoms with Gasteiger partial charge in [0.05, 0.1) is 6.61 Å². The molecule has 12 heavy (non-hydrogen) atoms. The number of ether oxygens (including phenoxy) is 1. The Balaban J connectivity index is 3.60. The molecule has 0 spiro atoms. The summed E-state index contributed by atoms with van der Waals surface area (Å²) in [6.07, 6.45) is 0.220. The van der Waals surface area contributed by atoms with E-state index < -0.39 is 8.32 Å². The summed E-state index contributed by atoms with van der Waals surface area (Å²) >= 11 is 0. The van der Waals surface area contributed by atoms with Crippen molar-refractivity contribution < 1.29 is 14.0 Å². The second-order valence-corrected chi connectivity index (χ2v) is 7.32. The minimum Gasteiger partial charge on any atom is -0.450 e. The van der Waals surface area contributed by atoms with Crippen LogP contribution in [0, 0.1) is 0 Å². The van der Waals surface area contributed by atoms with Gasteiger partial charge in [0, 0.05) is 13.3 Å². The second kappa shape index (κ2) is 5.16. The van der Waals surface area contributed by atoms with Crippen LogP contribution in [0.4, 0.5) is 4.79 Å². The van der Waals surface area contributed by atoms with Crippen LogP contribution in [0.3, 0.4) is 0 Å². The van der Waals surface area contributed by atoms with E-state index in [4.69, 9.17) is 9.16 Å². The van der Waals surface area contributed by atoms with Crippen LogP contribution in [0.2, 0.25) is 13.1 Å². The van der Waals surface area contributed by atoms with E-state index in [0.717, 1.165) is 0 Å². The lowest BCUT2D eigenvalue weighted by Crippen LogP contribution is -2.44. The van der Waals surface area contributed by atoms with Gasteiger partial charge in [-0.05, 0) is 20.0 Å². The molecule has 4 nitrogen and oxygen atoms in total. The third-order valence-corrected chi connectivity index (χ3v) is 3.62. The maximum absolute atomic E-state index is 10.8. The largest absolute Gasteiger partial charge is 0.450 e. The van der Waals surface area contributed by atoms with Gasteiger partial charge in [0.2, 0.25) is 8.32 Å². The first-order chi connectivity index (χ1) is 5.52. The maximum Gasteiger partial charge on any atom is 0.406 e. The predicted molar refractivity (Wildman–Crippen MR) is 49.5 cm³/mol. The van der Waals surface area contributed by atoms with Gasteiger partial charge in [0.1, 0.15) is 0 Å². The lowest BCUT2D eigenvalue weighted by atomic mass is 10.9. The van der Waals surface area contributed by atoms with Gasteiger partial charge < -0.3 is 14.5 Å². The highest BCUT2D eigenvalue weighted by Crippen LogP contribution is 1.99. The molecule has 0 fully saturated rings. The summed E-state index contributed by atoms with van der Waals surface area (Å²) in [5, 5.41) is 2.65. The van der Waals surface area contributed by atoms with Crippen molar-refractivity contribution in [1.82, 2.24) is 5.32 Å². The second-order valence-electron chi connectivity index (χ2n) is 3.04. The molecule has 0 heterocycles. The lowest BCUT2D eigenvalue weighted by Gasteiger charge is -2.19. The van der Waals surface area contributed by atoms with Crippen molar-refractivity contribution in [2.45, 2.75) is 20.0 Å². The first kappa shape index (κ1) is 11.4. The fourth-order valence-corrected chi connectivity index (χ4v) is 1.25. The fraction of sp³-hybridized carbons (Fsp3) is 0.857. The third kappa shape index (κ3) is 5.14. The average Bonchev–Trinajstić information content (AvgIpc) is 2.02. The van der Waals surface area contributed by atoms with E-state index >= 15 is 0 Å². The van der Waals surface area contributed by atoms with Gasteiger partial charge in [0.25, 0.3) is 0 Å². The van der Waals surface area contributed by atoms with Crippen molar-refractivity contribution in [3.8, 4) is 0 Å². The van der Waals surface area contributed by atoms with Crippen LogP contribution in [0.25, 0.3) is 0 Å². The van der Waals surface area contributed by atoms with E-state index in [1.807, 2.05) is 13.1 Å². The SMILES string of the molecule is CCOC(=O)NC[Si](C)(C)OC. The summed E-state index contributed by atoms with van der Waals surface area (Å²) in [7, 11) is -0.0153. The molecule has 0 aromatic heterocycles. The molecule has 0 unspecified atom stereocenters. The van der Waals surface area contributed by atoms with Crippen molar-refractivity contribution in [2.75, 3.05) is 19.9 Å². The minimum absolute atomic E-state index is 0.366. The van der Waals surface area contributed by atoms with Gasteiger partial charge in [-0.3, -0.25) is 0 Å². The molecule has 0 saturated heterocycles. The molecule has 5 heteroatoms. The van der Waals surface area contributed by atoms with Gasteiger partial charge in [0.15, 0.2) is 0 Å². The molecule has 1 amide bonds. The molecule has 0 saturated carbocycles. The minimum atomic E-state index is -1.68. The molecule has 0 aliphatic rings. The van der Waals surface area contributed by atoms with Crippen LogP contribution in [0.1, 0.15) is 6.92 Å². The van der Waals surface area contributed by atoms with Crippen LogP contribution < -0.4 is 5.32 Å². The molecule has 0 bridgehead atoms. The first-order valence-corrected chi connectivity index (χ1v) is 7.09. The zero-order valence-electron chi connectivity index (χ0n) is 8.14. The lowest BCUT2D eigenvalue weighted by molar-refractivity contribution is 0.153. The Kier molecular flexibility index (Phi) is 4.92. The number of hydrogen-bond acceptors (Lipinski definition) is 3. The Morgan fingerprint density at radius 3 is 2.50 bits per heavy atom. The molecule has 0 atom stereocenters. The number of carbonyl (C=O) groups is 1. The number of nitrogens with one attached hydrogen (secondary N) is 1. The van der Waals surface area contributed by atoms with Crippen molar-refractivity contribution in [2.24, 2.45) is 0 Å². The summed E-state index contributed by atoms with van der Waals surface area (Å²) in [6.45, 7) is 6.23. The molecule has 0 aromatic carbocycles. The van der Waals surface area contributed by atoms with E-state index in [0.29, 0.717) is 12.8 Å². The van der Waals surface area contributed by atoms with Crippen molar-refractivity contribution in [3.05, 3.63) is 0 Å². The van der Waals surface area contributed by atoms with E-state index in [9.17, 15) is 4.79 Å². The van der Waals surface area contributed by atoms with E-state index in [1.54, 1.807) is 14.0 Å². The highest BCUT2D eigenvalue weighted by atomic mass is 28.4. The third-order valence-electron chi connectivity index (χ3n) is 1.49. The van der Waals surface area contributed by atoms with Crippen molar-refractivity contribution >= 4 is 14.4 Å². The molecular weight excluding hydrogens is 174 g/mol. The molecule has 0 aromatic rings. The summed E-state index contributed by atoms with van der Waals surface area (Å²) < 4.78 is 9.93. The van der Waals surface area contributed by atoms with Gasteiger partial charge in [-0.2, -0.15) is 0 Å². The Hall–Kier alpha value is -0.553. The highest BCUT2D eigenvalue weighted by Gasteiger charge is 2.21. The number of hydrogen-bond donors (Lipinski definition) is 1. The molecule has 0 radical (unpaired) electrons. The van der Waals surface area contributed by atoms with Crippen LogP contribution >= 0.6 is 0 Å². The molecule has 0 rings (SSSR count). The van der Waals surface area contributed by atoms with E-state index in [2.05, 4.69) is 5.32 Å². The normalized spacial score (nSPS) is 11.0. The Bertz CT molecular complexity index is 150. The molecular formula is C7H17NO3Si. The molecule has 1 N–H and O–H groups in total. The predicted octanol–water partition coefficient (Wildman–Crippen LogP) is 1.12. The van der Waals surface area contributed by atoms with Crippen molar-refractivity contribution in [1.29, 1.82) is 0 Å². The Labute approximate surface area is 74.4 Å². The van der Waals surface area contributed by atoms with E-state index in [1.165, 1.54) is 0 Å². The fourth-order valence-electron chi connectivity index (χ4n) is 0.539. The van der Waals surface area contributed by atoms with Gasteiger partial charge >= 0.3 is 6.09 Å². The number of carbonyl (C=O) groups excluding carboxylic acids is 1. The first-order valence-electron chi connectivity index (χ1n) is 3.97. The number of rotatable bonds is 4. The van der Waals surface area contributed by atoms with Crippen LogP contribution in [0.15, 0.2) is 0 Å². The summed E-state index contributed by atoms with van der Waals surface area (Å²) in [5.41, 5.74) is 0. The number of amides is 1. The van der Waals surface area contributed by atoms with Gasteiger partial charge in [-0.1, -0.05) is 0 Å². The number of alkyl carbamates (subject to hydrolysis) is 1. The van der Waals surface area contributed by atoms with Crippen molar-refractivity contribution in [3.63, 3.8) is 0 Å². The Morgan fingerprint density at radius 2 is 2.08 bits per heavy atom. The van der Waals surface area contributed by atoms with Gasteiger partial charge in [-0.15, -0.1) is 0 Å². The quantitative estimate of drug-likeness (QED) is 0.677. The van der Waals surface area contributed by atoms with E-state index in [-0.39, 0.29) is 6.09 Å². The Morgan fingerprint density at radius 1 is 1.50 bits per heavy atom. The summed E-state index contributed by atoms with van der Waals surface area (Å²) in [4.78, 5) is 10.8. The molecule has 72 valence electrons. The highest BCUT2D eigenvalue weighted by molar-refractivity contribution is 6.71. The van der Waals surface area contributed by atoms with Crippen LogP contribution in [-0.2, 0) is 9.16 Å². The average molecular weight is 191 g/mol. The smallest absolute Gasteiger partial charge is 0.406 e. The van der Waals surface area contributed by atoms with Gasteiger partial charge in [-0.25, -0.2) is 4.79 Å². The topological polar surface area (TPSA) is 47.6 Å². The molecule has 0 aliphatic carbocycles. The van der Waals surface area contributed by atoms with Crippen LogP contribution in [-0.4, -0.2) is 34.3 Å². The molecule has 0 aliphatic heterocycles. The van der Waals surface area contributed by atoms with Crippen LogP contribution in [0.5, 0.6) is 0 Å². The standard InChI is InChI=1S/C7H17NO3Si/c1-5-11-7(9)8-6-12(3,4)10-2/h5-6H2,1-4H3,(H,8,9). The monoisotopic (exact) mass is 191 g/mol. The zero-order valence-corrected chi connectivity index (χ0v) is 9.14.